The molecule has 0 atom stereocenters. The van der Waals surface area contributed by atoms with Crippen molar-refractivity contribution in [1.29, 1.82) is 0 Å². The molecule has 7 nitrogen and oxygen atoms in total. The lowest BCUT2D eigenvalue weighted by Gasteiger charge is -2.12. The summed E-state index contributed by atoms with van der Waals surface area (Å²) in [7, 11) is 0. The summed E-state index contributed by atoms with van der Waals surface area (Å²) < 4.78 is 15.5. The Morgan fingerprint density at radius 2 is 1.72 bits per heavy atom. The van der Waals surface area contributed by atoms with Gasteiger partial charge in [0.15, 0.2) is 11.0 Å². The van der Waals surface area contributed by atoms with Gasteiger partial charge in [-0.05, 0) is 48.5 Å². The Hall–Kier alpha value is -3.11. The van der Waals surface area contributed by atoms with Crippen molar-refractivity contribution in [2.45, 2.75) is 11.7 Å². The van der Waals surface area contributed by atoms with E-state index in [0.29, 0.717) is 26.7 Å². The third kappa shape index (κ3) is 6.36. The molecule has 0 bridgehead atoms. The predicted octanol–water partition coefficient (Wildman–Crippen LogP) is 6.03. The van der Waals surface area contributed by atoms with Gasteiger partial charge in [0.2, 0.25) is 5.91 Å². The summed E-state index contributed by atoms with van der Waals surface area (Å²) in [5.74, 6) is -1.03. The van der Waals surface area contributed by atoms with Gasteiger partial charge in [0.1, 0.15) is 5.82 Å². The fraction of sp³-hybridized carbons (Fsp3) is 0.0833. The number of hydrogen-bond acceptors (Lipinski definition) is 5. The molecular formula is C24H17Cl3FN5O2S. The maximum absolute atomic E-state index is 13.8. The van der Waals surface area contributed by atoms with Crippen molar-refractivity contribution in [3.05, 3.63) is 99.0 Å². The van der Waals surface area contributed by atoms with Crippen molar-refractivity contribution in [3.63, 3.8) is 0 Å². The first-order valence-electron chi connectivity index (χ1n) is 10.4. The molecule has 0 spiro atoms. The zero-order chi connectivity index (χ0) is 25.7. The first-order valence-corrected chi connectivity index (χ1v) is 12.5. The van der Waals surface area contributed by atoms with Crippen LogP contribution in [0.15, 0.2) is 71.9 Å². The second kappa shape index (κ2) is 11.7. The molecule has 2 N–H and O–H groups in total. The third-order valence-corrected chi connectivity index (χ3v) is 6.54. The van der Waals surface area contributed by atoms with Gasteiger partial charge in [0.25, 0.3) is 5.91 Å². The fourth-order valence-electron chi connectivity index (χ4n) is 3.19. The summed E-state index contributed by atoms with van der Waals surface area (Å²) in [6.45, 7) is 0.0132. The van der Waals surface area contributed by atoms with Gasteiger partial charge in [0, 0.05) is 10.0 Å². The summed E-state index contributed by atoms with van der Waals surface area (Å²) in [4.78, 5) is 25.1. The minimum absolute atomic E-state index is 0.0132. The number of para-hydroxylation sites is 1. The van der Waals surface area contributed by atoms with Gasteiger partial charge in [-0.25, -0.2) is 4.39 Å². The lowest BCUT2D eigenvalue weighted by atomic mass is 10.2. The minimum Gasteiger partial charge on any atom is -0.345 e. The van der Waals surface area contributed by atoms with Crippen LogP contribution in [0.25, 0.3) is 5.69 Å². The smallest absolute Gasteiger partial charge is 0.253 e. The van der Waals surface area contributed by atoms with E-state index < -0.39 is 17.6 Å². The number of carbonyl (C=O) groups excluding carboxylic acids is 2. The first kappa shape index (κ1) is 26.0. The molecule has 0 aliphatic heterocycles. The number of nitrogens with one attached hydrogen (secondary N) is 2. The quantitative estimate of drug-likeness (QED) is 0.255. The highest BCUT2D eigenvalue weighted by atomic mass is 35.5. The summed E-state index contributed by atoms with van der Waals surface area (Å²) >= 11 is 19.3. The molecule has 1 heterocycles. The molecule has 12 heteroatoms. The zero-order valence-electron chi connectivity index (χ0n) is 18.3. The van der Waals surface area contributed by atoms with Gasteiger partial charge in [-0.3, -0.25) is 14.2 Å². The number of anilines is 1. The molecule has 4 rings (SSSR count). The topological polar surface area (TPSA) is 88.9 Å². The van der Waals surface area contributed by atoms with Crippen LogP contribution >= 0.6 is 46.6 Å². The van der Waals surface area contributed by atoms with Crippen LogP contribution in [0, 0.1) is 5.82 Å². The zero-order valence-corrected chi connectivity index (χ0v) is 21.4. The van der Waals surface area contributed by atoms with Crippen molar-refractivity contribution < 1.29 is 14.0 Å². The number of amides is 2. The Morgan fingerprint density at radius 3 is 2.47 bits per heavy atom. The minimum atomic E-state index is -0.531. The van der Waals surface area contributed by atoms with Crippen LogP contribution in [0.1, 0.15) is 16.2 Å². The number of benzene rings is 3. The van der Waals surface area contributed by atoms with E-state index in [4.69, 9.17) is 34.8 Å². The number of thioether (sulfide) groups is 1. The van der Waals surface area contributed by atoms with Gasteiger partial charge in [-0.1, -0.05) is 64.8 Å². The maximum atomic E-state index is 13.8. The van der Waals surface area contributed by atoms with E-state index in [2.05, 4.69) is 20.8 Å². The van der Waals surface area contributed by atoms with E-state index in [1.165, 1.54) is 30.3 Å². The molecule has 3 aromatic carbocycles. The molecular weight excluding hydrogens is 548 g/mol. The molecule has 4 aromatic rings. The van der Waals surface area contributed by atoms with Gasteiger partial charge >= 0.3 is 0 Å². The first-order chi connectivity index (χ1) is 17.3. The van der Waals surface area contributed by atoms with E-state index >= 15 is 0 Å². The number of aromatic nitrogens is 3. The average Bonchev–Trinajstić information content (AvgIpc) is 3.25. The van der Waals surface area contributed by atoms with Crippen molar-refractivity contribution in [2.24, 2.45) is 0 Å². The lowest BCUT2D eigenvalue weighted by molar-refractivity contribution is -0.113. The highest BCUT2D eigenvalue weighted by Crippen LogP contribution is 2.25. The van der Waals surface area contributed by atoms with Crippen molar-refractivity contribution in [2.75, 3.05) is 11.1 Å². The Morgan fingerprint density at radius 1 is 0.944 bits per heavy atom. The molecule has 0 fully saturated rings. The lowest BCUT2D eigenvalue weighted by Crippen LogP contribution is -2.25. The largest absolute Gasteiger partial charge is 0.345 e. The summed E-state index contributed by atoms with van der Waals surface area (Å²) in [6, 6.07) is 17.4. The highest BCUT2D eigenvalue weighted by Gasteiger charge is 2.18. The Labute approximate surface area is 225 Å². The molecule has 0 saturated carbocycles. The third-order valence-electron chi connectivity index (χ3n) is 4.83. The molecule has 0 aliphatic rings. The van der Waals surface area contributed by atoms with Gasteiger partial charge in [0.05, 0.1) is 34.3 Å². The van der Waals surface area contributed by atoms with E-state index in [0.717, 1.165) is 11.8 Å². The molecule has 0 radical (unpaired) electrons. The van der Waals surface area contributed by atoms with Crippen LogP contribution in [-0.4, -0.2) is 32.3 Å². The van der Waals surface area contributed by atoms with E-state index in [1.807, 2.05) is 0 Å². The molecule has 0 unspecified atom stereocenters. The SMILES string of the molecule is O=C(CSc1nnc(CNC(=O)c2ccc(Cl)cc2Cl)n1-c1cccc(Cl)c1)Nc1ccccc1F. The Balaban J connectivity index is 1.52. The van der Waals surface area contributed by atoms with Crippen LogP contribution in [0.2, 0.25) is 15.1 Å². The average molecular weight is 565 g/mol. The standard InChI is InChI=1S/C24H17Cl3FN5O2S/c25-14-4-3-5-16(10-14)33-21(12-29-23(35)17-9-8-15(26)11-18(17)27)31-32-24(33)36-13-22(34)30-20-7-2-1-6-19(20)28/h1-11H,12-13H2,(H,29,35)(H,30,34). The highest BCUT2D eigenvalue weighted by molar-refractivity contribution is 7.99. The number of nitrogens with zero attached hydrogens (tertiary/aromatic N) is 3. The molecule has 1 aromatic heterocycles. The number of carbonyl (C=O) groups is 2. The second-order valence-corrected chi connectivity index (χ2v) is 9.56. The number of halogens is 4. The van der Waals surface area contributed by atoms with Crippen LogP contribution in [0.4, 0.5) is 10.1 Å². The number of hydrogen-bond donors (Lipinski definition) is 2. The van der Waals surface area contributed by atoms with E-state index in [1.54, 1.807) is 41.0 Å². The Kier molecular flexibility index (Phi) is 8.48. The van der Waals surface area contributed by atoms with Crippen molar-refractivity contribution in [3.8, 4) is 5.69 Å². The van der Waals surface area contributed by atoms with Gasteiger partial charge in [-0.2, -0.15) is 0 Å². The van der Waals surface area contributed by atoms with E-state index in [9.17, 15) is 14.0 Å². The van der Waals surface area contributed by atoms with Crippen molar-refractivity contribution >= 4 is 64.1 Å². The fourth-order valence-corrected chi connectivity index (χ4v) is 4.64. The second-order valence-electron chi connectivity index (χ2n) is 7.34. The summed E-state index contributed by atoms with van der Waals surface area (Å²) in [6.07, 6.45) is 0. The predicted molar refractivity (Wildman–Crippen MR) is 140 cm³/mol. The van der Waals surface area contributed by atoms with Gasteiger partial charge < -0.3 is 10.6 Å². The van der Waals surface area contributed by atoms with Crippen molar-refractivity contribution in [1.82, 2.24) is 20.1 Å². The normalized spacial score (nSPS) is 10.8. The summed E-state index contributed by atoms with van der Waals surface area (Å²) in [5, 5.41) is 15.2. The monoisotopic (exact) mass is 563 g/mol. The molecule has 184 valence electrons. The summed E-state index contributed by atoms with van der Waals surface area (Å²) in [5.41, 5.74) is 0.983. The van der Waals surface area contributed by atoms with E-state index in [-0.39, 0.29) is 28.6 Å². The molecule has 0 saturated heterocycles. The van der Waals surface area contributed by atoms with Crippen LogP contribution in [-0.2, 0) is 11.3 Å². The Bertz CT molecular complexity index is 1430. The molecule has 2 amide bonds. The van der Waals surface area contributed by atoms with Crippen LogP contribution in [0.3, 0.4) is 0 Å². The molecule has 0 aliphatic carbocycles. The van der Waals surface area contributed by atoms with Crippen LogP contribution in [0.5, 0.6) is 0 Å². The van der Waals surface area contributed by atoms with Gasteiger partial charge in [-0.15, -0.1) is 10.2 Å². The van der Waals surface area contributed by atoms with Crippen LogP contribution < -0.4 is 10.6 Å². The molecule has 36 heavy (non-hydrogen) atoms. The maximum Gasteiger partial charge on any atom is 0.253 e. The number of rotatable bonds is 8.